The molecule has 0 aromatic carbocycles. The highest BCUT2D eigenvalue weighted by atomic mass is 27.1. The summed E-state index contributed by atoms with van der Waals surface area (Å²) in [5.74, 6) is 1.86. The van der Waals surface area contributed by atoms with E-state index in [9.17, 15) is 0 Å². The van der Waals surface area contributed by atoms with Crippen molar-refractivity contribution in [2.75, 3.05) is 0 Å². The first kappa shape index (κ1) is 15.3. The van der Waals surface area contributed by atoms with Crippen LogP contribution >= 0.6 is 0 Å². The SMILES string of the molecule is CC(C)[CH2][Al][CH2]C(C)C.O=C(O)O. The zero-order valence-corrected chi connectivity index (χ0v) is 10.1. The number of carbonyl (C=O) groups is 1. The maximum absolute atomic E-state index is 8.56. The first-order valence-electron chi connectivity index (χ1n) is 4.59. The van der Waals surface area contributed by atoms with Gasteiger partial charge in [0.2, 0.25) is 15.2 Å². The largest absolute Gasteiger partial charge is 0.503 e. The van der Waals surface area contributed by atoms with Crippen LogP contribution in [-0.2, 0) is 0 Å². The molecule has 0 aromatic rings. The molecule has 0 amide bonds. The Bertz CT molecular complexity index is 112. The Balaban J connectivity index is 0. The van der Waals surface area contributed by atoms with Crippen LogP contribution in [0.15, 0.2) is 0 Å². The molecule has 0 bridgehead atoms. The minimum Gasteiger partial charge on any atom is -0.450 e. The maximum atomic E-state index is 8.56. The molecule has 77 valence electrons. The average molecular weight is 203 g/mol. The van der Waals surface area contributed by atoms with Gasteiger partial charge in [0, 0.05) is 0 Å². The number of rotatable bonds is 4. The molecule has 3 nitrogen and oxygen atoms in total. The molecule has 0 aliphatic heterocycles. The second kappa shape index (κ2) is 9.89. The Morgan fingerprint density at radius 1 is 1.08 bits per heavy atom. The molecule has 0 spiro atoms. The summed E-state index contributed by atoms with van der Waals surface area (Å²) in [5, 5.41) is 16.9. The van der Waals surface area contributed by atoms with E-state index in [-0.39, 0.29) is 0 Å². The van der Waals surface area contributed by atoms with Gasteiger partial charge in [-0.05, 0) is 0 Å². The lowest BCUT2D eigenvalue weighted by atomic mass is 10.3. The van der Waals surface area contributed by atoms with Gasteiger partial charge >= 0.3 is 6.16 Å². The van der Waals surface area contributed by atoms with Crippen LogP contribution in [0.1, 0.15) is 27.7 Å². The molecule has 0 saturated heterocycles. The van der Waals surface area contributed by atoms with Crippen molar-refractivity contribution in [3.8, 4) is 0 Å². The summed E-state index contributed by atoms with van der Waals surface area (Å²) < 4.78 is 0. The van der Waals surface area contributed by atoms with Gasteiger partial charge in [0.25, 0.3) is 0 Å². The quantitative estimate of drug-likeness (QED) is 0.690. The monoisotopic (exact) mass is 203 g/mol. The fraction of sp³-hybridized carbons (Fsp3) is 0.889. The summed E-state index contributed by atoms with van der Waals surface area (Å²) in [7, 11) is 0. The number of hydrogen-bond acceptors (Lipinski definition) is 1. The van der Waals surface area contributed by atoms with E-state index < -0.39 is 6.16 Å². The van der Waals surface area contributed by atoms with Crippen LogP contribution in [0.5, 0.6) is 0 Å². The first-order chi connectivity index (χ1) is 5.86. The van der Waals surface area contributed by atoms with Crippen LogP contribution in [0.2, 0.25) is 10.6 Å². The molecule has 4 heteroatoms. The van der Waals surface area contributed by atoms with Gasteiger partial charge < -0.3 is 10.2 Å². The molecule has 0 heterocycles. The summed E-state index contributed by atoms with van der Waals surface area (Å²) in [4.78, 5) is 8.56. The van der Waals surface area contributed by atoms with Gasteiger partial charge in [-0.25, -0.2) is 4.79 Å². The van der Waals surface area contributed by atoms with Crippen LogP contribution in [0.25, 0.3) is 0 Å². The van der Waals surface area contributed by atoms with E-state index in [1.165, 1.54) is 10.6 Å². The molecule has 0 aliphatic rings. The Morgan fingerprint density at radius 3 is 1.46 bits per heavy atom. The third-order valence-electron chi connectivity index (χ3n) is 1.28. The molecule has 0 aromatic heterocycles. The van der Waals surface area contributed by atoms with Gasteiger partial charge in [-0.2, -0.15) is 0 Å². The predicted octanol–water partition coefficient (Wildman–Crippen LogP) is 3.06. The zero-order valence-electron chi connectivity index (χ0n) is 8.95. The van der Waals surface area contributed by atoms with Crippen molar-refractivity contribution >= 4 is 21.4 Å². The summed E-state index contributed by atoms with van der Waals surface area (Å²) in [6, 6.07) is 0. The molecule has 2 N–H and O–H groups in total. The highest BCUT2D eigenvalue weighted by Crippen LogP contribution is 2.05. The lowest BCUT2D eigenvalue weighted by Gasteiger charge is -2.03. The second-order valence-electron chi connectivity index (χ2n) is 3.83. The van der Waals surface area contributed by atoms with Crippen molar-refractivity contribution in [1.29, 1.82) is 0 Å². The molecule has 0 saturated carbocycles. The highest BCUT2D eigenvalue weighted by Gasteiger charge is 1.98. The standard InChI is InChI=1S/2C4H9.CH2O3.Al/c2*1-4(2)3;2-1(3)4;/h2*4H,1H2,2-3H3;(H2,2,3,4);. The third-order valence-corrected chi connectivity index (χ3v) is 3.83. The predicted molar refractivity (Wildman–Crippen MR) is 55.7 cm³/mol. The number of hydrogen-bond donors (Lipinski definition) is 2. The van der Waals surface area contributed by atoms with Gasteiger partial charge in [-0.15, -0.1) is 10.6 Å². The molecule has 0 atom stereocenters. The number of carboxylic acid groups (broad SMARTS) is 2. The molecule has 0 fully saturated rings. The van der Waals surface area contributed by atoms with Crippen LogP contribution in [-0.4, -0.2) is 31.6 Å². The molecular weight excluding hydrogens is 183 g/mol. The smallest absolute Gasteiger partial charge is 0.450 e. The van der Waals surface area contributed by atoms with Crippen molar-refractivity contribution in [2.45, 2.75) is 38.3 Å². The lowest BCUT2D eigenvalue weighted by molar-refractivity contribution is 0.137. The van der Waals surface area contributed by atoms with Gasteiger partial charge in [0.15, 0.2) is 0 Å². The van der Waals surface area contributed by atoms with Crippen LogP contribution in [0.3, 0.4) is 0 Å². The molecule has 0 rings (SSSR count). The van der Waals surface area contributed by atoms with E-state index in [4.69, 9.17) is 15.0 Å². The van der Waals surface area contributed by atoms with Gasteiger partial charge in [0.05, 0.1) is 0 Å². The molecule has 13 heavy (non-hydrogen) atoms. The summed E-state index contributed by atoms with van der Waals surface area (Å²) in [5.41, 5.74) is 0. The van der Waals surface area contributed by atoms with Gasteiger partial charge in [0.1, 0.15) is 0 Å². The van der Waals surface area contributed by atoms with Crippen LogP contribution in [0, 0.1) is 11.8 Å². The molecule has 0 unspecified atom stereocenters. The van der Waals surface area contributed by atoms with Crippen molar-refractivity contribution in [3.05, 3.63) is 0 Å². The Kier molecular flexibility index (Phi) is 11.6. The van der Waals surface area contributed by atoms with E-state index in [1.54, 1.807) is 0 Å². The van der Waals surface area contributed by atoms with Crippen molar-refractivity contribution in [1.82, 2.24) is 0 Å². The summed E-state index contributed by atoms with van der Waals surface area (Å²) in [6.45, 7) is 9.25. The van der Waals surface area contributed by atoms with Crippen molar-refractivity contribution < 1.29 is 15.0 Å². The molecule has 0 aliphatic carbocycles. The fourth-order valence-electron chi connectivity index (χ4n) is 0.763. The van der Waals surface area contributed by atoms with E-state index in [0.29, 0.717) is 0 Å². The van der Waals surface area contributed by atoms with Gasteiger partial charge in [-0.3, -0.25) is 0 Å². The fourth-order valence-corrected chi connectivity index (χ4v) is 2.29. The average Bonchev–Trinajstić information content (AvgIpc) is 1.83. The summed E-state index contributed by atoms with van der Waals surface area (Å²) >= 11 is 0.755. The Morgan fingerprint density at radius 2 is 1.31 bits per heavy atom. The maximum Gasteiger partial charge on any atom is 0.503 e. The zero-order chi connectivity index (χ0) is 10.9. The topological polar surface area (TPSA) is 57.5 Å². The minimum atomic E-state index is -1.83. The van der Waals surface area contributed by atoms with Crippen LogP contribution < -0.4 is 0 Å². The second-order valence-corrected chi connectivity index (χ2v) is 5.35. The molecule has 1 radical (unpaired) electrons. The highest BCUT2D eigenvalue weighted by molar-refractivity contribution is 6.35. The van der Waals surface area contributed by atoms with Crippen molar-refractivity contribution in [2.24, 2.45) is 11.8 Å². The Hall–Kier alpha value is -0.198. The lowest BCUT2D eigenvalue weighted by Crippen LogP contribution is -1.99. The third kappa shape index (κ3) is 33.7. The first-order valence-corrected chi connectivity index (χ1v) is 6.23. The van der Waals surface area contributed by atoms with Gasteiger partial charge in [-0.1, -0.05) is 39.5 Å². The summed E-state index contributed by atoms with van der Waals surface area (Å²) in [6.07, 6.45) is -1.83. The Labute approximate surface area is 86.9 Å². The van der Waals surface area contributed by atoms with E-state index >= 15 is 0 Å². The van der Waals surface area contributed by atoms with E-state index in [2.05, 4.69) is 27.7 Å². The normalized spacial score (nSPS) is 9.38. The van der Waals surface area contributed by atoms with E-state index in [0.717, 1.165) is 27.1 Å². The molecular formula is C9H20AlO3. The van der Waals surface area contributed by atoms with Crippen molar-refractivity contribution in [3.63, 3.8) is 0 Å². The minimum absolute atomic E-state index is 0.755. The van der Waals surface area contributed by atoms with E-state index in [1.807, 2.05) is 0 Å². The van der Waals surface area contributed by atoms with Crippen LogP contribution in [0.4, 0.5) is 4.79 Å².